The summed E-state index contributed by atoms with van der Waals surface area (Å²) in [5.41, 5.74) is 4.44. The Bertz CT molecular complexity index is 427. The van der Waals surface area contributed by atoms with Gasteiger partial charge in [0, 0.05) is 10.2 Å². The molecule has 0 saturated heterocycles. The molecule has 1 aliphatic carbocycles. The van der Waals surface area contributed by atoms with Gasteiger partial charge in [-0.15, -0.1) is 11.8 Å². The number of allylic oxidation sites excluding steroid dienone is 7. The summed E-state index contributed by atoms with van der Waals surface area (Å²) in [5, 5.41) is 0.639. The molecule has 0 aromatic carbocycles. The zero-order chi connectivity index (χ0) is 15.1. The van der Waals surface area contributed by atoms with Crippen molar-refractivity contribution in [1.29, 1.82) is 0 Å². The van der Waals surface area contributed by atoms with E-state index in [4.69, 9.17) is 0 Å². The third-order valence-corrected chi connectivity index (χ3v) is 4.36. The van der Waals surface area contributed by atoms with Crippen LogP contribution < -0.4 is 0 Å². The van der Waals surface area contributed by atoms with Crippen LogP contribution >= 0.6 is 11.8 Å². The number of hydrogen-bond acceptors (Lipinski definition) is 1. The van der Waals surface area contributed by atoms with Crippen LogP contribution in [0.3, 0.4) is 0 Å². The minimum atomic E-state index is 0.625. The fourth-order valence-corrected chi connectivity index (χ4v) is 3.30. The molecule has 0 aromatic rings. The summed E-state index contributed by atoms with van der Waals surface area (Å²) in [6, 6.07) is 0. The van der Waals surface area contributed by atoms with Crippen LogP contribution in [0.25, 0.3) is 0 Å². The van der Waals surface area contributed by atoms with Gasteiger partial charge in [-0.05, 0) is 50.2 Å². The largest absolute Gasteiger partial charge is 0.123 e. The maximum Gasteiger partial charge on any atom is 0.0139 e. The van der Waals surface area contributed by atoms with Crippen molar-refractivity contribution in [3.05, 3.63) is 45.9 Å². The second-order valence-electron chi connectivity index (χ2n) is 6.41. The first-order chi connectivity index (χ1) is 9.40. The molecule has 0 aliphatic heterocycles. The van der Waals surface area contributed by atoms with Gasteiger partial charge >= 0.3 is 0 Å². The summed E-state index contributed by atoms with van der Waals surface area (Å²) in [7, 11) is 0. The number of rotatable bonds is 5. The Balaban J connectivity index is 3.14. The molecule has 20 heavy (non-hydrogen) atoms. The van der Waals surface area contributed by atoms with Gasteiger partial charge in [0.25, 0.3) is 0 Å². The van der Waals surface area contributed by atoms with E-state index in [9.17, 15) is 0 Å². The molecule has 0 spiro atoms. The number of hydrogen-bond donors (Lipinski definition) is 0. The summed E-state index contributed by atoms with van der Waals surface area (Å²) in [5.74, 6) is 0.625. The van der Waals surface area contributed by atoms with Crippen LogP contribution in [0, 0.1) is 5.92 Å². The molecule has 1 heteroatoms. The van der Waals surface area contributed by atoms with Crippen molar-refractivity contribution >= 4 is 11.8 Å². The van der Waals surface area contributed by atoms with Crippen LogP contribution in [0.15, 0.2) is 45.9 Å². The summed E-state index contributed by atoms with van der Waals surface area (Å²) in [6.45, 7) is 13.4. The van der Waals surface area contributed by atoms with Crippen molar-refractivity contribution in [1.82, 2.24) is 0 Å². The van der Waals surface area contributed by atoms with E-state index in [1.165, 1.54) is 40.9 Å². The first kappa shape index (κ1) is 17.4. The summed E-state index contributed by atoms with van der Waals surface area (Å²) >= 11 is 2.03. The zero-order valence-electron chi connectivity index (χ0n) is 14.0. The van der Waals surface area contributed by atoms with Crippen LogP contribution in [-0.2, 0) is 0 Å². The molecule has 0 amide bonds. The first-order valence-corrected chi connectivity index (χ1v) is 8.70. The van der Waals surface area contributed by atoms with Crippen LogP contribution in [0.1, 0.15) is 60.8 Å². The quantitative estimate of drug-likeness (QED) is 0.545. The maximum absolute atomic E-state index is 2.37. The average Bonchev–Trinajstić information content (AvgIpc) is 2.34. The Morgan fingerprint density at radius 3 is 2.35 bits per heavy atom. The normalized spacial score (nSPS) is 18.7. The molecule has 1 aliphatic rings. The maximum atomic E-state index is 2.37. The Kier molecular flexibility index (Phi) is 7.43. The van der Waals surface area contributed by atoms with Gasteiger partial charge in [0.2, 0.25) is 0 Å². The molecular weight excluding hydrogens is 260 g/mol. The Morgan fingerprint density at radius 1 is 1.10 bits per heavy atom. The van der Waals surface area contributed by atoms with E-state index in [0.29, 0.717) is 11.2 Å². The highest BCUT2D eigenvalue weighted by atomic mass is 32.2. The predicted molar refractivity (Wildman–Crippen MR) is 95.1 cm³/mol. The minimum Gasteiger partial charge on any atom is -0.123 e. The van der Waals surface area contributed by atoms with Gasteiger partial charge in [0.1, 0.15) is 0 Å². The van der Waals surface area contributed by atoms with Crippen molar-refractivity contribution in [3.8, 4) is 0 Å². The lowest BCUT2D eigenvalue weighted by Gasteiger charge is -2.22. The van der Waals surface area contributed by atoms with Gasteiger partial charge in [-0.2, -0.15) is 0 Å². The summed E-state index contributed by atoms with van der Waals surface area (Å²) in [6.07, 6.45) is 13.0. The molecular formula is C19H30S. The van der Waals surface area contributed by atoms with Gasteiger partial charge in [-0.3, -0.25) is 0 Å². The standard InChI is InChI=1S/C19H30S/c1-14(2)10-12-17-8-7-9-18(13-11-15(3)4)19(17)20-16(5)6/h10-14,16H,7-9H2,1-6H3/b12-10+,18-13+. The molecule has 0 unspecified atom stereocenters. The topological polar surface area (TPSA) is 0 Å². The lowest BCUT2D eigenvalue weighted by Crippen LogP contribution is -2.02. The van der Waals surface area contributed by atoms with E-state index in [1.807, 2.05) is 11.8 Å². The van der Waals surface area contributed by atoms with Gasteiger partial charge < -0.3 is 0 Å². The Morgan fingerprint density at radius 2 is 1.80 bits per heavy atom. The second-order valence-corrected chi connectivity index (χ2v) is 8.00. The highest BCUT2D eigenvalue weighted by Gasteiger charge is 2.17. The van der Waals surface area contributed by atoms with E-state index in [2.05, 4.69) is 65.8 Å². The molecule has 0 radical (unpaired) electrons. The molecule has 112 valence electrons. The SMILES string of the molecule is CC(C)=C/C=C1\CCCC(/C=C/C(C)C)=C1SC(C)C. The van der Waals surface area contributed by atoms with Crippen LogP contribution in [0.4, 0.5) is 0 Å². The van der Waals surface area contributed by atoms with Crippen LogP contribution in [0.5, 0.6) is 0 Å². The summed E-state index contributed by atoms with van der Waals surface area (Å²) < 4.78 is 0. The van der Waals surface area contributed by atoms with E-state index in [1.54, 1.807) is 0 Å². The molecule has 0 bridgehead atoms. The molecule has 0 saturated carbocycles. The molecule has 0 atom stereocenters. The lowest BCUT2D eigenvalue weighted by molar-refractivity contribution is 0.784. The Hall–Kier alpha value is -0.690. The fraction of sp³-hybridized carbons (Fsp3) is 0.579. The van der Waals surface area contributed by atoms with Gasteiger partial charge in [-0.1, -0.05) is 57.6 Å². The lowest BCUT2D eigenvalue weighted by atomic mass is 9.93. The van der Waals surface area contributed by atoms with E-state index in [-0.39, 0.29) is 0 Å². The monoisotopic (exact) mass is 290 g/mol. The van der Waals surface area contributed by atoms with Crippen molar-refractivity contribution in [3.63, 3.8) is 0 Å². The highest BCUT2D eigenvalue weighted by molar-refractivity contribution is 8.03. The Labute approximate surface area is 130 Å². The van der Waals surface area contributed by atoms with Gasteiger partial charge in [-0.25, -0.2) is 0 Å². The van der Waals surface area contributed by atoms with E-state index >= 15 is 0 Å². The third kappa shape index (κ3) is 6.17. The summed E-state index contributed by atoms with van der Waals surface area (Å²) in [4.78, 5) is 1.53. The van der Waals surface area contributed by atoms with Crippen molar-refractivity contribution in [2.75, 3.05) is 0 Å². The highest BCUT2D eigenvalue weighted by Crippen LogP contribution is 2.39. The molecule has 0 heterocycles. The van der Waals surface area contributed by atoms with Crippen molar-refractivity contribution < 1.29 is 0 Å². The smallest absolute Gasteiger partial charge is 0.0139 e. The van der Waals surface area contributed by atoms with Gasteiger partial charge in [0.05, 0.1) is 0 Å². The minimum absolute atomic E-state index is 0.625. The van der Waals surface area contributed by atoms with Crippen LogP contribution in [-0.4, -0.2) is 5.25 Å². The molecule has 0 aromatic heterocycles. The average molecular weight is 291 g/mol. The zero-order valence-corrected chi connectivity index (χ0v) is 14.8. The predicted octanol–water partition coefficient (Wildman–Crippen LogP) is 6.67. The molecule has 0 N–H and O–H groups in total. The van der Waals surface area contributed by atoms with Crippen molar-refractivity contribution in [2.45, 2.75) is 66.1 Å². The van der Waals surface area contributed by atoms with E-state index in [0.717, 1.165) is 0 Å². The fourth-order valence-electron chi connectivity index (χ4n) is 2.18. The van der Waals surface area contributed by atoms with Crippen LogP contribution in [0.2, 0.25) is 0 Å². The van der Waals surface area contributed by atoms with Crippen molar-refractivity contribution in [2.24, 2.45) is 5.92 Å². The first-order valence-electron chi connectivity index (χ1n) is 7.82. The third-order valence-electron chi connectivity index (χ3n) is 3.13. The molecule has 0 fully saturated rings. The molecule has 1 rings (SSSR count). The van der Waals surface area contributed by atoms with E-state index < -0.39 is 0 Å². The second kappa shape index (κ2) is 8.56. The van der Waals surface area contributed by atoms with Gasteiger partial charge in [0.15, 0.2) is 0 Å². The number of thioether (sulfide) groups is 1. The molecule has 0 nitrogen and oxygen atoms in total.